The van der Waals surface area contributed by atoms with Crippen LogP contribution in [0.3, 0.4) is 0 Å². The number of nitrogens with one attached hydrogen (secondary N) is 2. The normalized spacial score (nSPS) is 12.1. The molecule has 1 heterocycles. The molecule has 19 heavy (non-hydrogen) atoms. The van der Waals surface area contributed by atoms with Gasteiger partial charge in [-0.1, -0.05) is 18.7 Å². The number of aromatic nitrogens is 4. The number of imide groups is 1. The van der Waals surface area contributed by atoms with Crippen molar-refractivity contribution in [2.24, 2.45) is 5.73 Å². The Kier molecular flexibility index (Phi) is 6.22. The number of nitrogens with zero attached hydrogens (tertiary/aromatic N) is 4. The number of nitrogens with two attached hydrogens (primary N) is 1. The number of likely N-dealkylation sites (N-methyl/N-ethyl adjacent to an activating group) is 1. The second kappa shape index (κ2) is 7.69. The molecule has 0 aliphatic rings. The molecule has 0 aromatic carbocycles. The fourth-order valence-corrected chi connectivity index (χ4v) is 2.03. The van der Waals surface area contributed by atoms with Crippen molar-refractivity contribution in [1.82, 2.24) is 30.8 Å². The summed E-state index contributed by atoms with van der Waals surface area (Å²) in [6.45, 7) is 5.85. The first-order valence-corrected chi connectivity index (χ1v) is 6.66. The van der Waals surface area contributed by atoms with E-state index >= 15 is 0 Å². The van der Waals surface area contributed by atoms with Crippen LogP contribution in [-0.4, -0.2) is 50.5 Å². The molecule has 1 unspecified atom stereocenters. The third-order valence-corrected chi connectivity index (χ3v) is 3.22. The summed E-state index contributed by atoms with van der Waals surface area (Å²) in [6, 6.07) is -0.871. The molecule has 4 N–H and O–H groups in total. The van der Waals surface area contributed by atoms with Crippen molar-refractivity contribution in [1.29, 1.82) is 0 Å². The highest BCUT2D eigenvalue weighted by atomic mass is 32.2. The second-order valence-electron chi connectivity index (χ2n) is 3.65. The van der Waals surface area contributed by atoms with E-state index in [4.69, 9.17) is 5.73 Å². The summed E-state index contributed by atoms with van der Waals surface area (Å²) in [5.41, 5.74) is 4.88. The Morgan fingerprint density at radius 2 is 2.26 bits per heavy atom. The van der Waals surface area contributed by atoms with Crippen LogP contribution < -0.4 is 16.4 Å². The summed E-state index contributed by atoms with van der Waals surface area (Å²) >= 11 is 1.16. The van der Waals surface area contributed by atoms with Crippen molar-refractivity contribution in [2.45, 2.75) is 30.8 Å². The maximum Gasteiger partial charge on any atom is 0.318 e. The van der Waals surface area contributed by atoms with E-state index in [1.807, 2.05) is 12.2 Å². The molecule has 0 saturated carbocycles. The Balaban J connectivity index is 2.54. The minimum atomic E-state index is -0.871. The van der Waals surface area contributed by atoms with Gasteiger partial charge < -0.3 is 11.1 Å². The Morgan fingerprint density at radius 1 is 1.53 bits per heavy atom. The fourth-order valence-electron chi connectivity index (χ4n) is 1.22. The van der Waals surface area contributed by atoms with Crippen LogP contribution in [0.15, 0.2) is 5.16 Å². The Hall–Kier alpha value is -1.68. The Labute approximate surface area is 114 Å². The number of rotatable bonds is 7. The number of carbonyl (C=O) groups is 2. The van der Waals surface area contributed by atoms with Crippen molar-refractivity contribution >= 4 is 23.7 Å². The van der Waals surface area contributed by atoms with E-state index in [1.165, 1.54) is 0 Å². The Bertz CT molecular complexity index is 436. The number of primary amides is 1. The molecular formula is C9H17N7O2S. The molecule has 0 spiro atoms. The number of hydrogen-bond donors (Lipinski definition) is 3. The number of amides is 3. The lowest BCUT2D eigenvalue weighted by atomic mass is 10.4. The van der Waals surface area contributed by atoms with Gasteiger partial charge in [0.2, 0.25) is 11.1 Å². The average molecular weight is 287 g/mol. The van der Waals surface area contributed by atoms with Crippen molar-refractivity contribution in [3.05, 3.63) is 0 Å². The predicted molar refractivity (Wildman–Crippen MR) is 69.4 cm³/mol. The topological polar surface area (TPSA) is 128 Å². The molecule has 1 aromatic rings. The zero-order valence-corrected chi connectivity index (χ0v) is 11.6. The van der Waals surface area contributed by atoms with Crippen molar-refractivity contribution in [3.63, 3.8) is 0 Å². The standard InChI is InChI=1S/C9H17N7O2S/c1-3-11-4-5-16-9(13-14-15-16)19-6(2)7(17)12-8(10)18/h6,11H,3-5H2,1-2H3,(H3,10,12,17,18). The van der Waals surface area contributed by atoms with Gasteiger partial charge in [-0.15, -0.1) is 5.10 Å². The summed E-state index contributed by atoms with van der Waals surface area (Å²) in [7, 11) is 0. The first kappa shape index (κ1) is 15.4. The van der Waals surface area contributed by atoms with Crippen molar-refractivity contribution in [2.75, 3.05) is 13.1 Å². The highest BCUT2D eigenvalue weighted by Gasteiger charge is 2.19. The minimum absolute atomic E-state index is 0.473. The molecule has 0 bridgehead atoms. The van der Waals surface area contributed by atoms with Crippen LogP contribution in [0.5, 0.6) is 0 Å². The molecule has 0 fully saturated rings. The van der Waals surface area contributed by atoms with Gasteiger partial charge in [0.1, 0.15) is 0 Å². The molecule has 1 aromatic heterocycles. The molecule has 1 rings (SSSR count). The SMILES string of the molecule is CCNCCn1nnnc1SC(C)C(=O)NC(N)=O. The summed E-state index contributed by atoms with van der Waals surface area (Å²) in [5, 5.41) is 16.4. The van der Waals surface area contributed by atoms with Gasteiger partial charge in [0.25, 0.3) is 0 Å². The fraction of sp³-hybridized carbons (Fsp3) is 0.667. The molecule has 9 nitrogen and oxygen atoms in total. The lowest BCUT2D eigenvalue weighted by molar-refractivity contribution is -0.119. The molecule has 0 aliphatic carbocycles. The number of thioether (sulfide) groups is 1. The van der Waals surface area contributed by atoms with Gasteiger partial charge >= 0.3 is 6.03 Å². The summed E-state index contributed by atoms with van der Waals surface area (Å²) in [5.74, 6) is -0.473. The van der Waals surface area contributed by atoms with Crippen LogP contribution in [0, 0.1) is 0 Å². The van der Waals surface area contributed by atoms with E-state index in [-0.39, 0.29) is 0 Å². The number of hydrogen-bond acceptors (Lipinski definition) is 7. The molecule has 3 amide bonds. The molecule has 0 aliphatic heterocycles. The first-order chi connectivity index (χ1) is 9.04. The van der Waals surface area contributed by atoms with Crippen LogP contribution in [-0.2, 0) is 11.3 Å². The largest absolute Gasteiger partial charge is 0.351 e. The minimum Gasteiger partial charge on any atom is -0.351 e. The molecule has 10 heteroatoms. The summed E-state index contributed by atoms with van der Waals surface area (Å²) < 4.78 is 1.60. The van der Waals surface area contributed by atoms with Crippen LogP contribution in [0.1, 0.15) is 13.8 Å². The predicted octanol–water partition coefficient (Wildman–Crippen LogP) is -1.04. The third-order valence-electron chi connectivity index (χ3n) is 2.15. The van der Waals surface area contributed by atoms with Crippen LogP contribution in [0.2, 0.25) is 0 Å². The van der Waals surface area contributed by atoms with Crippen LogP contribution in [0.4, 0.5) is 4.79 Å². The van der Waals surface area contributed by atoms with Crippen LogP contribution in [0.25, 0.3) is 0 Å². The van der Waals surface area contributed by atoms with Crippen molar-refractivity contribution in [3.8, 4) is 0 Å². The van der Waals surface area contributed by atoms with E-state index in [2.05, 4.69) is 20.8 Å². The number of tetrazole rings is 1. The lowest BCUT2D eigenvalue weighted by Gasteiger charge is -2.09. The summed E-state index contributed by atoms with van der Waals surface area (Å²) in [4.78, 5) is 22.1. The van der Waals surface area contributed by atoms with E-state index in [0.29, 0.717) is 11.7 Å². The molecule has 1 atom stereocenters. The number of urea groups is 1. The number of carbonyl (C=O) groups excluding carboxylic acids is 2. The smallest absolute Gasteiger partial charge is 0.318 e. The van der Waals surface area contributed by atoms with E-state index in [1.54, 1.807) is 11.6 Å². The Morgan fingerprint density at radius 3 is 2.89 bits per heavy atom. The van der Waals surface area contributed by atoms with Crippen molar-refractivity contribution < 1.29 is 9.59 Å². The van der Waals surface area contributed by atoms with Gasteiger partial charge in [-0.3, -0.25) is 10.1 Å². The monoisotopic (exact) mass is 287 g/mol. The van der Waals surface area contributed by atoms with Gasteiger partial charge in [-0.05, 0) is 23.9 Å². The lowest BCUT2D eigenvalue weighted by Crippen LogP contribution is -2.39. The third kappa shape index (κ3) is 5.22. The van der Waals surface area contributed by atoms with Gasteiger partial charge in [0, 0.05) is 6.54 Å². The van der Waals surface area contributed by atoms with Gasteiger partial charge in [-0.25, -0.2) is 9.48 Å². The zero-order valence-electron chi connectivity index (χ0n) is 10.8. The van der Waals surface area contributed by atoms with E-state index in [9.17, 15) is 9.59 Å². The zero-order chi connectivity index (χ0) is 14.3. The average Bonchev–Trinajstić information content (AvgIpc) is 2.76. The summed E-state index contributed by atoms with van der Waals surface area (Å²) in [6.07, 6.45) is 0. The van der Waals surface area contributed by atoms with Gasteiger partial charge in [0.05, 0.1) is 11.8 Å². The quantitative estimate of drug-likeness (QED) is 0.431. The van der Waals surface area contributed by atoms with Gasteiger partial charge in [-0.2, -0.15) is 0 Å². The highest BCUT2D eigenvalue weighted by molar-refractivity contribution is 8.00. The maximum absolute atomic E-state index is 11.5. The first-order valence-electron chi connectivity index (χ1n) is 5.78. The van der Waals surface area contributed by atoms with Gasteiger partial charge in [0.15, 0.2) is 0 Å². The molecule has 0 radical (unpaired) electrons. The van der Waals surface area contributed by atoms with E-state index < -0.39 is 17.2 Å². The van der Waals surface area contributed by atoms with E-state index in [0.717, 1.165) is 24.9 Å². The molecule has 106 valence electrons. The maximum atomic E-state index is 11.5. The molecular weight excluding hydrogens is 270 g/mol. The highest BCUT2D eigenvalue weighted by Crippen LogP contribution is 2.19. The van der Waals surface area contributed by atoms with Crippen LogP contribution >= 0.6 is 11.8 Å². The second-order valence-corrected chi connectivity index (χ2v) is 4.96. The molecule has 0 saturated heterocycles.